The molecule has 35 heavy (non-hydrogen) atoms. The largest absolute Gasteiger partial charge is 0.451 e. The average Bonchev–Trinajstić information content (AvgIpc) is 3.14. The van der Waals surface area contributed by atoms with Gasteiger partial charge in [0.1, 0.15) is 12.1 Å². The highest BCUT2D eigenvalue weighted by atomic mass is 16.5. The van der Waals surface area contributed by atoms with Crippen molar-refractivity contribution in [2.45, 2.75) is 31.9 Å². The molecule has 9 nitrogen and oxygen atoms in total. The zero-order valence-corrected chi connectivity index (χ0v) is 20.0. The molecular weight excluding hydrogens is 448 g/mol. The second kappa shape index (κ2) is 10.2. The number of nitrogens with zero attached hydrogens (tertiary/aromatic N) is 3. The third kappa shape index (κ3) is 4.84. The molecular formula is C26H30N4O5. The standard InChI is InChI=1S/C26H30N4O5/c1-3-26(20-10-6-4-7-11-20)24(33)30(25(34)27-26)18-22(31)35-19(2)23(32)29-16-14-28(15-17-29)21-12-8-5-9-13-21/h4-13,19H,3,14-18H2,1-2H3,(H,27,34). The summed E-state index contributed by atoms with van der Waals surface area (Å²) in [7, 11) is 0. The van der Waals surface area contributed by atoms with Gasteiger partial charge in [-0.3, -0.25) is 19.3 Å². The molecule has 0 radical (unpaired) electrons. The highest BCUT2D eigenvalue weighted by Gasteiger charge is 2.51. The molecule has 9 heteroatoms. The zero-order chi connectivity index (χ0) is 25.0. The van der Waals surface area contributed by atoms with E-state index in [9.17, 15) is 19.2 Å². The summed E-state index contributed by atoms with van der Waals surface area (Å²) in [6, 6.07) is 18.2. The van der Waals surface area contributed by atoms with E-state index in [4.69, 9.17) is 4.74 Å². The number of nitrogens with one attached hydrogen (secondary N) is 1. The number of benzene rings is 2. The molecule has 0 aromatic heterocycles. The van der Waals surface area contributed by atoms with Gasteiger partial charge in [0.2, 0.25) is 0 Å². The molecule has 2 heterocycles. The first-order valence-corrected chi connectivity index (χ1v) is 11.8. The minimum absolute atomic E-state index is 0.296. The van der Waals surface area contributed by atoms with Crippen molar-refractivity contribution < 1.29 is 23.9 Å². The van der Waals surface area contributed by atoms with Crippen molar-refractivity contribution >= 4 is 29.5 Å². The molecule has 0 spiro atoms. The molecule has 2 aromatic carbocycles. The quantitative estimate of drug-likeness (QED) is 0.484. The number of urea groups is 1. The van der Waals surface area contributed by atoms with Crippen molar-refractivity contribution in [2.24, 2.45) is 0 Å². The summed E-state index contributed by atoms with van der Waals surface area (Å²) >= 11 is 0. The fourth-order valence-electron chi connectivity index (χ4n) is 4.63. The van der Waals surface area contributed by atoms with Crippen LogP contribution in [0.25, 0.3) is 0 Å². The van der Waals surface area contributed by atoms with Gasteiger partial charge in [0, 0.05) is 31.9 Å². The Kier molecular flexibility index (Phi) is 7.04. The van der Waals surface area contributed by atoms with Gasteiger partial charge in [-0.1, -0.05) is 55.5 Å². The van der Waals surface area contributed by atoms with Crippen LogP contribution in [-0.2, 0) is 24.7 Å². The lowest BCUT2D eigenvalue weighted by Crippen LogP contribution is -2.52. The van der Waals surface area contributed by atoms with Gasteiger partial charge in [0.05, 0.1) is 0 Å². The second-order valence-corrected chi connectivity index (χ2v) is 8.73. The maximum absolute atomic E-state index is 13.2. The van der Waals surface area contributed by atoms with Crippen molar-refractivity contribution in [2.75, 3.05) is 37.6 Å². The van der Waals surface area contributed by atoms with Crippen LogP contribution in [0.2, 0.25) is 0 Å². The number of anilines is 1. The van der Waals surface area contributed by atoms with Crippen LogP contribution in [0, 0.1) is 0 Å². The molecule has 2 atom stereocenters. The number of hydrogen-bond donors (Lipinski definition) is 1. The fourth-order valence-corrected chi connectivity index (χ4v) is 4.63. The van der Waals surface area contributed by atoms with Gasteiger partial charge in [-0.05, 0) is 31.0 Å². The van der Waals surface area contributed by atoms with Crippen LogP contribution in [0.4, 0.5) is 10.5 Å². The lowest BCUT2D eigenvalue weighted by atomic mass is 9.87. The van der Waals surface area contributed by atoms with Crippen molar-refractivity contribution in [3.63, 3.8) is 0 Å². The molecule has 2 aliphatic heterocycles. The molecule has 1 N–H and O–H groups in total. The summed E-state index contributed by atoms with van der Waals surface area (Å²) in [6.45, 7) is 5.13. The highest BCUT2D eigenvalue weighted by Crippen LogP contribution is 2.32. The van der Waals surface area contributed by atoms with E-state index in [0.717, 1.165) is 10.6 Å². The van der Waals surface area contributed by atoms with E-state index in [1.807, 2.05) is 36.4 Å². The number of esters is 1. The predicted molar refractivity (Wildman–Crippen MR) is 129 cm³/mol. The van der Waals surface area contributed by atoms with Gasteiger partial charge in [-0.2, -0.15) is 0 Å². The van der Waals surface area contributed by atoms with Crippen LogP contribution in [-0.4, -0.2) is 72.4 Å². The van der Waals surface area contributed by atoms with Crippen molar-refractivity contribution in [3.05, 3.63) is 66.2 Å². The molecule has 2 saturated heterocycles. The maximum Gasteiger partial charge on any atom is 0.327 e. The topological polar surface area (TPSA) is 99.3 Å². The van der Waals surface area contributed by atoms with E-state index in [1.165, 1.54) is 6.92 Å². The molecule has 184 valence electrons. The second-order valence-electron chi connectivity index (χ2n) is 8.73. The number of amides is 4. The number of rotatable bonds is 7. The SMILES string of the molecule is CCC1(c2ccccc2)NC(=O)N(CC(=O)OC(C)C(=O)N2CCN(c3ccccc3)CC2)C1=O. The summed E-state index contributed by atoms with van der Waals surface area (Å²) in [5, 5.41) is 2.73. The predicted octanol–water partition coefficient (Wildman–Crippen LogP) is 2.12. The van der Waals surface area contributed by atoms with Crippen molar-refractivity contribution in [3.8, 4) is 0 Å². The Morgan fingerprint density at radius 2 is 1.57 bits per heavy atom. The van der Waals surface area contributed by atoms with Crippen LogP contribution in [0.15, 0.2) is 60.7 Å². The lowest BCUT2D eigenvalue weighted by molar-refractivity contribution is -0.160. The van der Waals surface area contributed by atoms with Crippen LogP contribution in [0.3, 0.4) is 0 Å². The third-order valence-corrected chi connectivity index (χ3v) is 6.63. The molecule has 0 saturated carbocycles. The monoisotopic (exact) mass is 478 g/mol. The Morgan fingerprint density at radius 3 is 2.17 bits per heavy atom. The molecule has 0 bridgehead atoms. The first-order valence-electron chi connectivity index (χ1n) is 11.8. The minimum atomic E-state index is -1.22. The van der Waals surface area contributed by atoms with Crippen LogP contribution < -0.4 is 10.2 Å². The number of carbonyl (C=O) groups excluding carboxylic acids is 4. The van der Waals surface area contributed by atoms with Crippen LogP contribution >= 0.6 is 0 Å². The van der Waals surface area contributed by atoms with Crippen LogP contribution in [0.5, 0.6) is 0 Å². The Balaban J connectivity index is 1.32. The minimum Gasteiger partial charge on any atom is -0.451 e. The number of hydrogen-bond acceptors (Lipinski definition) is 6. The van der Waals surface area contributed by atoms with Gasteiger partial charge in [0.15, 0.2) is 6.10 Å². The first-order chi connectivity index (χ1) is 16.9. The summed E-state index contributed by atoms with van der Waals surface area (Å²) in [5.74, 6) is -1.61. The normalized spacial score (nSPS) is 21.0. The Hall–Kier alpha value is -3.88. The van der Waals surface area contributed by atoms with E-state index in [1.54, 1.807) is 36.1 Å². The number of piperazine rings is 1. The summed E-state index contributed by atoms with van der Waals surface area (Å²) in [4.78, 5) is 55.9. The molecule has 2 aromatic rings. The summed E-state index contributed by atoms with van der Waals surface area (Å²) < 4.78 is 5.33. The maximum atomic E-state index is 13.2. The highest BCUT2D eigenvalue weighted by molar-refractivity contribution is 6.09. The smallest absolute Gasteiger partial charge is 0.327 e. The molecule has 2 aliphatic rings. The molecule has 4 amide bonds. The van der Waals surface area contributed by atoms with E-state index >= 15 is 0 Å². The fraction of sp³-hybridized carbons (Fsp3) is 0.385. The molecule has 2 fully saturated rings. The first kappa shape index (κ1) is 24.3. The van der Waals surface area contributed by atoms with Gasteiger partial charge >= 0.3 is 12.0 Å². The summed E-state index contributed by atoms with van der Waals surface area (Å²) in [5.41, 5.74) is 0.527. The number of para-hydroxylation sites is 1. The van der Waals surface area contributed by atoms with E-state index < -0.39 is 36.1 Å². The Morgan fingerprint density at radius 1 is 0.971 bits per heavy atom. The number of ether oxygens (including phenoxy) is 1. The van der Waals surface area contributed by atoms with E-state index in [-0.39, 0.29) is 5.91 Å². The molecule has 0 aliphatic carbocycles. The Bertz CT molecular complexity index is 1090. The lowest BCUT2D eigenvalue weighted by Gasteiger charge is -2.37. The molecule has 2 unspecified atom stereocenters. The Labute approximate surface area is 204 Å². The number of carbonyl (C=O) groups is 4. The van der Waals surface area contributed by atoms with Gasteiger partial charge in [-0.25, -0.2) is 4.79 Å². The van der Waals surface area contributed by atoms with Gasteiger partial charge in [0.25, 0.3) is 11.8 Å². The van der Waals surface area contributed by atoms with Gasteiger partial charge < -0.3 is 19.9 Å². The average molecular weight is 479 g/mol. The third-order valence-electron chi connectivity index (χ3n) is 6.63. The summed E-state index contributed by atoms with van der Waals surface area (Å²) in [6.07, 6.45) is -0.687. The number of imide groups is 1. The van der Waals surface area contributed by atoms with Crippen molar-refractivity contribution in [1.82, 2.24) is 15.1 Å². The van der Waals surface area contributed by atoms with Crippen LogP contribution in [0.1, 0.15) is 25.8 Å². The van der Waals surface area contributed by atoms with E-state index in [0.29, 0.717) is 38.2 Å². The zero-order valence-electron chi connectivity index (χ0n) is 20.0. The van der Waals surface area contributed by atoms with Crippen molar-refractivity contribution in [1.29, 1.82) is 0 Å². The van der Waals surface area contributed by atoms with Gasteiger partial charge in [-0.15, -0.1) is 0 Å². The molecule has 4 rings (SSSR count). The van der Waals surface area contributed by atoms with E-state index in [2.05, 4.69) is 10.2 Å².